The van der Waals surface area contributed by atoms with Crippen molar-refractivity contribution in [3.8, 4) is 0 Å². The number of carbonyl (C=O) groups excluding carboxylic acids is 1. The summed E-state index contributed by atoms with van der Waals surface area (Å²) in [4.78, 5) is 24.2. The summed E-state index contributed by atoms with van der Waals surface area (Å²) in [6, 6.07) is 4.41. The van der Waals surface area contributed by atoms with E-state index in [1.807, 2.05) is 19.9 Å². The Labute approximate surface area is 135 Å². The minimum absolute atomic E-state index is 0.420. The lowest BCUT2D eigenvalue weighted by atomic mass is 10.0. The van der Waals surface area contributed by atoms with Gasteiger partial charge in [-0.25, -0.2) is 4.79 Å². The van der Waals surface area contributed by atoms with E-state index in [4.69, 9.17) is 0 Å². The van der Waals surface area contributed by atoms with E-state index in [0.29, 0.717) is 22.5 Å². The Morgan fingerprint density at radius 3 is 2.13 bits per heavy atom. The van der Waals surface area contributed by atoms with E-state index in [9.17, 15) is 14.7 Å². The van der Waals surface area contributed by atoms with Crippen LogP contribution in [-0.2, 0) is 11.8 Å². The van der Waals surface area contributed by atoms with Crippen molar-refractivity contribution in [1.29, 1.82) is 0 Å². The zero-order chi connectivity index (χ0) is 17.3. The molecule has 2 aromatic rings. The molecule has 1 heterocycles. The lowest BCUT2D eigenvalue weighted by Crippen LogP contribution is -2.34. The minimum Gasteiger partial charge on any atom is -0.479 e. The van der Waals surface area contributed by atoms with Crippen LogP contribution in [0.3, 0.4) is 0 Å². The smallest absolute Gasteiger partial charge is 0.330 e. The highest BCUT2D eigenvalue weighted by atomic mass is 16.4. The molecule has 2 rings (SSSR count). The van der Waals surface area contributed by atoms with Crippen molar-refractivity contribution >= 4 is 11.9 Å². The molecule has 122 valence electrons. The first kappa shape index (κ1) is 16.7. The largest absolute Gasteiger partial charge is 0.479 e. The van der Waals surface area contributed by atoms with Gasteiger partial charge in [0.25, 0.3) is 5.91 Å². The lowest BCUT2D eigenvalue weighted by Gasteiger charge is -2.16. The molecule has 1 aromatic carbocycles. The van der Waals surface area contributed by atoms with Gasteiger partial charge in [0.15, 0.2) is 6.04 Å². The van der Waals surface area contributed by atoms with Crippen LogP contribution in [0.5, 0.6) is 0 Å². The van der Waals surface area contributed by atoms with Crippen LogP contribution in [0.2, 0.25) is 0 Å². The molecule has 0 radical (unpaired) electrons. The molecule has 23 heavy (non-hydrogen) atoms. The number of nitrogens with one attached hydrogen (secondary N) is 1. The number of hydrogen-bond acceptors (Lipinski definition) is 3. The van der Waals surface area contributed by atoms with Gasteiger partial charge >= 0.3 is 5.97 Å². The summed E-state index contributed by atoms with van der Waals surface area (Å²) in [5.74, 6) is -1.53. The Balaban J connectivity index is 2.36. The van der Waals surface area contributed by atoms with Crippen LogP contribution in [-0.4, -0.2) is 26.8 Å². The number of aryl methyl sites for hydroxylation is 4. The molecule has 0 aliphatic heterocycles. The van der Waals surface area contributed by atoms with Gasteiger partial charge < -0.3 is 10.4 Å². The molecule has 0 aliphatic carbocycles. The summed E-state index contributed by atoms with van der Waals surface area (Å²) in [5, 5.41) is 16.3. The average molecular weight is 315 g/mol. The number of hydrogen-bond donors (Lipinski definition) is 2. The van der Waals surface area contributed by atoms with E-state index < -0.39 is 17.9 Å². The summed E-state index contributed by atoms with van der Waals surface area (Å²) in [6.45, 7) is 7.30. The van der Waals surface area contributed by atoms with Crippen LogP contribution in [0.1, 0.15) is 44.5 Å². The van der Waals surface area contributed by atoms with Crippen LogP contribution in [0, 0.1) is 27.7 Å². The zero-order valence-corrected chi connectivity index (χ0v) is 14.0. The third-order valence-corrected chi connectivity index (χ3v) is 3.84. The molecule has 1 amide bonds. The molecule has 1 atom stereocenters. The Kier molecular flexibility index (Phi) is 4.54. The summed E-state index contributed by atoms with van der Waals surface area (Å²) in [5.41, 5.74) is 4.16. The first-order valence-corrected chi connectivity index (χ1v) is 7.32. The maximum atomic E-state index is 12.5. The van der Waals surface area contributed by atoms with Gasteiger partial charge in [0, 0.05) is 12.7 Å². The van der Waals surface area contributed by atoms with Crippen LogP contribution in [0.15, 0.2) is 18.2 Å². The van der Waals surface area contributed by atoms with Crippen LogP contribution in [0.4, 0.5) is 0 Å². The highest BCUT2D eigenvalue weighted by Crippen LogP contribution is 2.19. The second-order valence-corrected chi connectivity index (χ2v) is 5.84. The molecule has 6 heteroatoms. The van der Waals surface area contributed by atoms with Crippen LogP contribution < -0.4 is 5.32 Å². The highest BCUT2D eigenvalue weighted by molar-refractivity contribution is 5.98. The molecule has 1 unspecified atom stereocenters. The molecule has 0 fully saturated rings. The molecule has 0 spiro atoms. The van der Waals surface area contributed by atoms with Gasteiger partial charge in [-0.05, 0) is 33.3 Å². The summed E-state index contributed by atoms with van der Waals surface area (Å²) in [7, 11) is 1.75. The number of nitrogens with zero attached hydrogens (tertiary/aromatic N) is 2. The number of amides is 1. The number of carboxylic acid groups (broad SMARTS) is 1. The first-order valence-electron chi connectivity index (χ1n) is 7.32. The Bertz CT molecular complexity index is 757. The fraction of sp³-hybridized carbons (Fsp3) is 0.353. The molecular weight excluding hydrogens is 294 g/mol. The van der Waals surface area contributed by atoms with Gasteiger partial charge in [-0.2, -0.15) is 5.10 Å². The molecule has 0 bridgehead atoms. The molecule has 6 nitrogen and oxygen atoms in total. The predicted octanol–water partition coefficient (Wildman–Crippen LogP) is 2.21. The Hall–Kier alpha value is -2.63. The van der Waals surface area contributed by atoms with Crippen molar-refractivity contribution in [2.45, 2.75) is 33.7 Å². The summed E-state index contributed by atoms with van der Waals surface area (Å²) in [6.07, 6.45) is 0. The van der Waals surface area contributed by atoms with Crippen molar-refractivity contribution in [1.82, 2.24) is 15.1 Å². The Morgan fingerprint density at radius 2 is 1.70 bits per heavy atom. The molecule has 0 aliphatic rings. The van der Waals surface area contributed by atoms with Gasteiger partial charge in [-0.15, -0.1) is 0 Å². The SMILES string of the molecule is Cc1cc(C)cc(C(NC(=O)c2c(C)nn(C)c2C)C(=O)O)c1. The van der Waals surface area contributed by atoms with E-state index in [1.54, 1.807) is 37.7 Å². The predicted molar refractivity (Wildman–Crippen MR) is 86.4 cm³/mol. The Morgan fingerprint density at radius 1 is 1.13 bits per heavy atom. The standard InChI is InChI=1S/C17H21N3O3/c1-9-6-10(2)8-13(7-9)15(17(22)23)18-16(21)14-11(3)19-20(5)12(14)4/h6-8,15H,1-5H3,(H,18,21)(H,22,23). The van der Waals surface area contributed by atoms with Crippen LogP contribution >= 0.6 is 0 Å². The number of aliphatic carboxylic acids is 1. The van der Waals surface area contributed by atoms with Gasteiger partial charge in [0.05, 0.1) is 11.3 Å². The van der Waals surface area contributed by atoms with E-state index in [0.717, 1.165) is 11.1 Å². The molecule has 0 saturated carbocycles. The quantitative estimate of drug-likeness (QED) is 0.906. The van der Waals surface area contributed by atoms with Crippen molar-refractivity contribution in [3.05, 3.63) is 51.8 Å². The average Bonchev–Trinajstić information content (AvgIpc) is 2.67. The number of carboxylic acids is 1. The van der Waals surface area contributed by atoms with Crippen LogP contribution in [0.25, 0.3) is 0 Å². The fourth-order valence-electron chi connectivity index (χ4n) is 2.77. The first-order chi connectivity index (χ1) is 10.7. The van der Waals surface area contributed by atoms with E-state index in [-0.39, 0.29) is 0 Å². The fourth-order valence-corrected chi connectivity index (χ4v) is 2.77. The zero-order valence-electron chi connectivity index (χ0n) is 14.0. The maximum Gasteiger partial charge on any atom is 0.330 e. The van der Waals surface area contributed by atoms with Crippen molar-refractivity contribution < 1.29 is 14.7 Å². The molecular formula is C17H21N3O3. The second-order valence-electron chi connectivity index (χ2n) is 5.84. The summed E-state index contributed by atoms with van der Waals surface area (Å²) < 4.78 is 1.61. The highest BCUT2D eigenvalue weighted by Gasteiger charge is 2.26. The topological polar surface area (TPSA) is 84.2 Å². The number of aromatic nitrogens is 2. The molecule has 1 aromatic heterocycles. The third-order valence-electron chi connectivity index (χ3n) is 3.84. The van der Waals surface area contributed by atoms with Gasteiger partial charge in [0.1, 0.15) is 0 Å². The second kappa shape index (κ2) is 6.24. The molecule has 2 N–H and O–H groups in total. The number of rotatable bonds is 4. The van der Waals surface area contributed by atoms with E-state index >= 15 is 0 Å². The summed E-state index contributed by atoms with van der Waals surface area (Å²) >= 11 is 0. The maximum absolute atomic E-state index is 12.5. The van der Waals surface area contributed by atoms with Crippen molar-refractivity contribution in [2.24, 2.45) is 7.05 Å². The minimum atomic E-state index is -1.10. The lowest BCUT2D eigenvalue weighted by molar-refractivity contribution is -0.139. The van der Waals surface area contributed by atoms with Gasteiger partial charge in [-0.1, -0.05) is 29.3 Å². The number of benzene rings is 1. The van der Waals surface area contributed by atoms with E-state index in [1.165, 1.54) is 0 Å². The molecule has 0 saturated heterocycles. The monoisotopic (exact) mass is 315 g/mol. The van der Waals surface area contributed by atoms with E-state index in [2.05, 4.69) is 10.4 Å². The third kappa shape index (κ3) is 3.41. The van der Waals surface area contributed by atoms with Crippen molar-refractivity contribution in [2.75, 3.05) is 0 Å². The van der Waals surface area contributed by atoms with Crippen molar-refractivity contribution in [3.63, 3.8) is 0 Å². The number of carbonyl (C=O) groups is 2. The normalized spacial score (nSPS) is 12.0. The van der Waals surface area contributed by atoms with Gasteiger partial charge in [-0.3, -0.25) is 9.48 Å². The van der Waals surface area contributed by atoms with Gasteiger partial charge in [0.2, 0.25) is 0 Å².